The highest BCUT2D eigenvalue weighted by Crippen LogP contribution is 2.27. The second kappa shape index (κ2) is 7.72. The Morgan fingerprint density at radius 1 is 1.25 bits per heavy atom. The Balaban J connectivity index is 2.18. The van der Waals surface area contributed by atoms with Gasteiger partial charge in [0.2, 0.25) is 5.91 Å². The number of ether oxygens (including phenoxy) is 2. The minimum absolute atomic E-state index is 0.0810. The molecule has 0 radical (unpaired) electrons. The molecule has 1 amide bonds. The number of esters is 2. The van der Waals surface area contributed by atoms with Gasteiger partial charge in [-0.1, -0.05) is 18.2 Å². The van der Waals surface area contributed by atoms with Crippen LogP contribution in [-0.2, 0) is 23.9 Å². The van der Waals surface area contributed by atoms with E-state index in [1.165, 1.54) is 19.1 Å². The van der Waals surface area contributed by atoms with Crippen LogP contribution in [0.5, 0.6) is 0 Å². The van der Waals surface area contributed by atoms with Gasteiger partial charge in [-0.25, -0.2) is 9.59 Å². The first-order valence-electron chi connectivity index (χ1n) is 7.67. The maximum absolute atomic E-state index is 12.2. The number of benzene rings is 1. The number of carbonyl (C=O) groups excluding carboxylic acids is 4. The highest BCUT2D eigenvalue weighted by molar-refractivity contribution is 5.94. The largest absolute Gasteiger partial charge is 0.462 e. The number of carbonyl (C=O) groups is 4. The maximum Gasteiger partial charge on any atom is 0.369 e. The SMILES string of the molecule is CCOC(=O)C(OC(=O)c1ccccc1)N1C(=O)CC1CC(C)=O. The van der Waals surface area contributed by atoms with E-state index in [2.05, 4.69) is 0 Å². The van der Waals surface area contributed by atoms with Crippen molar-refractivity contribution in [1.82, 2.24) is 4.90 Å². The summed E-state index contributed by atoms with van der Waals surface area (Å²) in [5.41, 5.74) is 0.253. The fraction of sp³-hybridized carbons (Fsp3) is 0.412. The first kappa shape index (κ1) is 17.7. The Kier molecular flexibility index (Phi) is 5.68. The van der Waals surface area contributed by atoms with E-state index in [0.29, 0.717) is 0 Å². The first-order chi connectivity index (χ1) is 11.4. The van der Waals surface area contributed by atoms with E-state index in [4.69, 9.17) is 9.47 Å². The molecule has 2 atom stereocenters. The van der Waals surface area contributed by atoms with E-state index in [-0.39, 0.29) is 36.7 Å². The number of β-lactam (4-membered cyclic amide) rings is 1. The molecule has 2 rings (SSSR count). The molecule has 1 aromatic rings. The van der Waals surface area contributed by atoms with Gasteiger partial charge in [-0.05, 0) is 26.0 Å². The van der Waals surface area contributed by atoms with E-state index in [1.54, 1.807) is 25.1 Å². The number of rotatable bonds is 7. The molecule has 1 fully saturated rings. The molecule has 7 heteroatoms. The van der Waals surface area contributed by atoms with E-state index in [1.807, 2.05) is 0 Å². The summed E-state index contributed by atoms with van der Waals surface area (Å²) in [6, 6.07) is 7.66. The van der Waals surface area contributed by atoms with Crippen LogP contribution in [0.4, 0.5) is 0 Å². The van der Waals surface area contributed by atoms with Crippen molar-refractivity contribution in [1.29, 1.82) is 0 Å². The van der Waals surface area contributed by atoms with Crippen LogP contribution in [-0.4, -0.2) is 47.4 Å². The zero-order valence-corrected chi connectivity index (χ0v) is 13.6. The molecule has 24 heavy (non-hydrogen) atoms. The molecule has 1 aliphatic rings. The molecule has 1 aliphatic heterocycles. The third-order valence-corrected chi connectivity index (χ3v) is 3.58. The van der Waals surface area contributed by atoms with E-state index < -0.39 is 24.2 Å². The summed E-state index contributed by atoms with van der Waals surface area (Å²) in [5.74, 6) is -2.05. The summed E-state index contributed by atoms with van der Waals surface area (Å²) in [4.78, 5) is 48.7. The minimum atomic E-state index is -1.48. The van der Waals surface area contributed by atoms with E-state index in [0.717, 1.165) is 4.90 Å². The van der Waals surface area contributed by atoms with Gasteiger partial charge in [-0.2, -0.15) is 0 Å². The standard InChI is InChI=1S/C17H19NO6/c1-3-23-17(22)15(18-13(9-11(2)19)10-14(18)20)24-16(21)12-7-5-4-6-8-12/h4-8,13,15H,3,9-10H2,1-2H3. The maximum atomic E-state index is 12.2. The average Bonchev–Trinajstić information content (AvgIpc) is 2.54. The first-order valence-corrected chi connectivity index (χ1v) is 7.67. The summed E-state index contributed by atoms with van der Waals surface area (Å²) in [5, 5.41) is 0. The molecule has 7 nitrogen and oxygen atoms in total. The Bertz CT molecular complexity index is 642. The van der Waals surface area contributed by atoms with E-state index in [9.17, 15) is 19.2 Å². The lowest BCUT2D eigenvalue weighted by Gasteiger charge is -2.43. The molecule has 1 saturated heterocycles. The third-order valence-electron chi connectivity index (χ3n) is 3.58. The van der Waals surface area contributed by atoms with Gasteiger partial charge < -0.3 is 9.47 Å². The number of hydrogen-bond acceptors (Lipinski definition) is 6. The van der Waals surface area contributed by atoms with Crippen LogP contribution in [0.1, 0.15) is 37.0 Å². The van der Waals surface area contributed by atoms with Crippen LogP contribution in [0.25, 0.3) is 0 Å². The predicted octanol–water partition coefficient (Wildman–Crippen LogP) is 1.31. The van der Waals surface area contributed by atoms with Crippen LogP contribution < -0.4 is 0 Å². The van der Waals surface area contributed by atoms with Crippen molar-refractivity contribution >= 4 is 23.6 Å². The quantitative estimate of drug-likeness (QED) is 0.552. The molecular weight excluding hydrogens is 314 g/mol. The van der Waals surface area contributed by atoms with Crippen LogP contribution in [0.2, 0.25) is 0 Å². The van der Waals surface area contributed by atoms with Gasteiger partial charge in [0.15, 0.2) is 0 Å². The van der Waals surface area contributed by atoms with Gasteiger partial charge in [0.1, 0.15) is 5.78 Å². The second-order valence-corrected chi connectivity index (χ2v) is 5.44. The second-order valence-electron chi connectivity index (χ2n) is 5.44. The molecule has 0 spiro atoms. The number of amides is 1. The van der Waals surface area contributed by atoms with Gasteiger partial charge in [0.05, 0.1) is 18.2 Å². The van der Waals surface area contributed by atoms with Gasteiger partial charge in [-0.15, -0.1) is 0 Å². The molecule has 1 heterocycles. The Hall–Kier alpha value is -2.70. The van der Waals surface area contributed by atoms with Crippen molar-refractivity contribution in [3.63, 3.8) is 0 Å². The molecule has 0 aromatic heterocycles. The molecule has 2 unspecified atom stereocenters. The van der Waals surface area contributed by atoms with Gasteiger partial charge in [0.25, 0.3) is 6.23 Å². The summed E-state index contributed by atoms with van der Waals surface area (Å²) < 4.78 is 10.1. The van der Waals surface area contributed by atoms with Crippen LogP contribution >= 0.6 is 0 Å². The smallest absolute Gasteiger partial charge is 0.369 e. The molecule has 0 aliphatic carbocycles. The van der Waals surface area contributed by atoms with Crippen molar-refractivity contribution in [3.05, 3.63) is 35.9 Å². The van der Waals surface area contributed by atoms with Crippen molar-refractivity contribution in [2.75, 3.05) is 6.61 Å². The van der Waals surface area contributed by atoms with Gasteiger partial charge >= 0.3 is 11.9 Å². The molecule has 0 N–H and O–H groups in total. The summed E-state index contributed by atoms with van der Waals surface area (Å²) in [6.45, 7) is 3.09. The highest BCUT2D eigenvalue weighted by atomic mass is 16.6. The molecular formula is C17H19NO6. The summed E-state index contributed by atoms with van der Waals surface area (Å²) in [7, 11) is 0. The van der Waals surface area contributed by atoms with Crippen molar-refractivity contribution in [3.8, 4) is 0 Å². The Labute approximate surface area is 139 Å². The van der Waals surface area contributed by atoms with E-state index >= 15 is 0 Å². The Morgan fingerprint density at radius 2 is 1.92 bits per heavy atom. The van der Waals surface area contributed by atoms with Gasteiger partial charge in [-0.3, -0.25) is 14.5 Å². The van der Waals surface area contributed by atoms with Crippen molar-refractivity contribution in [2.24, 2.45) is 0 Å². The molecule has 0 saturated carbocycles. The minimum Gasteiger partial charge on any atom is -0.462 e. The fourth-order valence-electron chi connectivity index (χ4n) is 2.50. The lowest BCUT2D eigenvalue weighted by atomic mass is 9.96. The number of nitrogens with zero attached hydrogens (tertiary/aromatic N) is 1. The topological polar surface area (TPSA) is 90.0 Å². The zero-order chi connectivity index (χ0) is 17.7. The average molecular weight is 333 g/mol. The summed E-state index contributed by atoms with van der Waals surface area (Å²) >= 11 is 0. The predicted molar refractivity (Wildman–Crippen MR) is 82.8 cm³/mol. The number of Topliss-reactive ketones (excluding diaryl/α,β-unsaturated/α-hetero) is 1. The lowest BCUT2D eigenvalue weighted by molar-refractivity contribution is -0.184. The van der Waals surface area contributed by atoms with Crippen LogP contribution in [0.15, 0.2) is 30.3 Å². The molecule has 0 bridgehead atoms. The zero-order valence-electron chi connectivity index (χ0n) is 13.6. The highest BCUT2D eigenvalue weighted by Gasteiger charge is 2.46. The van der Waals surface area contributed by atoms with Crippen LogP contribution in [0, 0.1) is 0 Å². The molecule has 128 valence electrons. The summed E-state index contributed by atoms with van der Waals surface area (Å²) in [6.07, 6.45) is -1.24. The normalized spacial score (nSPS) is 17.7. The fourth-order valence-corrected chi connectivity index (χ4v) is 2.50. The van der Waals surface area contributed by atoms with Crippen molar-refractivity contribution in [2.45, 2.75) is 39.0 Å². The Morgan fingerprint density at radius 3 is 2.46 bits per heavy atom. The van der Waals surface area contributed by atoms with Gasteiger partial charge in [0, 0.05) is 12.8 Å². The number of likely N-dealkylation sites (tertiary alicyclic amines) is 1. The van der Waals surface area contributed by atoms with Crippen molar-refractivity contribution < 1.29 is 28.7 Å². The molecule has 1 aromatic carbocycles. The monoisotopic (exact) mass is 333 g/mol. The third kappa shape index (κ3) is 3.98. The number of hydrogen-bond donors (Lipinski definition) is 0. The lowest BCUT2D eigenvalue weighted by Crippen LogP contribution is -2.61. The number of ketones is 1. The van der Waals surface area contributed by atoms with Crippen LogP contribution in [0.3, 0.4) is 0 Å².